The Hall–Kier alpha value is -3.13. The summed E-state index contributed by atoms with van der Waals surface area (Å²) in [5.41, 5.74) is 2.11. The number of aromatic amines is 1. The fraction of sp³-hybridized carbons (Fsp3) is 0. The minimum atomic E-state index is -0.434. The van der Waals surface area contributed by atoms with Crippen LogP contribution in [-0.4, -0.2) is 15.1 Å². The van der Waals surface area contributed by atoms with E-state index in [1.807, 2.05) is 0 Å². The number of benzene rings is 2. The molecule has 0 amide bonds. The summed E-state index contributed by atoms with van der Waals surface area (Å²) in [5.74, 6) is -0.948. The molecule has 0 atom stereocenters. The predicted octanol–water partition coefficient (Wildman–Crippen LogP) is 5.69. The van der Waals surface area contributed by atoms with Gasteiger partial charge >= 0.3 is 0 Å². The van der Waals surface area contributed by atoms with Crippen molar-refractivity contribution in [2.75, 3.05) is 0 Å². The number of hydrogen-bond acceptors (Lipinski definition) is 5. The molecular formula is C17H10F2N4OS. The lowest BCUT2D eigenvalue weighted by Gasteiger charge is -1.94. The molecule has 5 nitrogen and oxygen atoms in total. The smallest absolute Gasteiger partial charge is 0.230 e. The zero-order chi connectivity index (χ0) is 17.4. The Morgan fingerprint density at radius 1 is 1.00 bits per heavy atom. The molecule has 0 bridgehead atoms. The van der Waals surface area contributed by atoms with Crippen molar-refractivity contribution in [3.63, 3.8) is 0 Å². The number of halogens is 2. The van der Waals surface area contributed by atoms with Gasteiger partial charge in [0, 0.05) is 16.3 Å². The van der Waals surface area contributed by atoms with Crippen molar-refractivity contribution in [1.82, 2.24) is 9.97 Å². The number of aromatic hydroxyl groups is 1. The standard InChI is InChI=1S/C17H10F2N4OS/c18-10-3-1-9(2-4-10)14-8-25-17(21-14)23-22-15-12-7-11(19)5-6-13(12)20-16(15)24/h1-8,20,24H. The fourth-order valence-corrected chi connectivity index (χ4v) is 3.04. The second kappa shape index (κ2) is 6.06. The molecule has 124 valence electrons. The third kappa shape index (κ3) is 2.99. The van der Waals surface area contributed by atoms with E-state index in [4.69, 9.17) is 0 Å². The molecule has 0 spiro atoms. The van der Waals surface area contributed by atoms with E-state index in [0.29, 0.717) is 21.7 Å². The van der Waals surface area contributed by atoms with Crippen molar-refractivity contribution in [3.05, 3.63) is 59.5 Å². The van der Waals surface area contributed by atoms with Crippen LogP contribution in [0.1, 0.15) is 0 Å². The highest BCUT2D eigenvalue weighted by atomic mass is 32.1. The molecule has 2 aromatic heterocycles. The summed E-state index contributed by atoms with van der Waals surface area (Å²) >= 11 is 1.25. The van der Waals surface area contributed by atoms with E-state index < -0.39 is 5.82 Å². The van der Waals surface area contributed by atoms with Crippen LogP contribution < -0.4 is 0 Å². The summed E-state index contributed by atoms with van der Waals surface area (Å²) < 4.78 is 26.4. The number of nitrogens with zero attached hydrogens (tertiary/aromatic N) is 3. The summed E-state index contributed by atoms with van der Waals surface area (Å²) in [5, 5.41) is 20.5. The lowest BCUT2D eigenvalue weighted by atomic mass is 10.2. The molecule has 0 aliphatic rings. The Labute approximate surface area is 144 Å². The van der Waals surface area contributed by atoms with Gasteiger partial charge in [-0.15, -0.1) is 21.6 Å². The number of rotatable bonds is 3. The minimum Gasteiger partial charge on any atom is -0.493 e. The number of aromatic nitrogens is 2. The molecule has 2 heterocycles. The first kappa shape index (κ1) is 15.4. The third-order valence-electron chi connectivity index (χ3n) is 3.58. The first-order chi connectivity index (χ1) is 12.1. The Morgan fingerprint density at radius 2 is 1.76 bits per heavy atom. The Bertz CT molecular complexity index is 1090. The van der Waals surface area contributed by atoms with Gasteiger partial charge in [-0.3, -0.25) is 0 Å². The van der Waals surface area contributed by atoms with Crippen LogP contribution in [0.25, 0.3) is 22.2 Å². The van der Waals surface area contributed by atoms with Gasteiger partial charge in [0.25, 0.3) is 0 Å². The van der Waals surface area contributed by atoms with Gasteiger partial charge in [0.05, 0.1) is 11.2 Å². The number of azo groups is 1. The lowest BCUT2D eigenvalue weighted by molar-refractivity contribution is 0.459. The van der Waals surface area contributed by atoms with Crippen LogP contribution in [0, 0.1) is 11.6 Å². The summed E-state index contributed by atoms with van der Waals surface area (Å²) in [6.45, 7) is 0. The first-order valence-electron chi connectivity index (χ1n) is 7.23. The third-order valence-corrected chi connectivity index (χ3v) is 4.31. The number of hydrogen-bond donors (Lipinski definition) is 2. The van der Waals surface area contributed by atoms with E-state index in [1.165, 1.54) is 41.7 Å². The Kier molecular flexibility index (Phi) is 3.73. The molecule has 0 unspecified atom stereocenters. The Balaban J connectivity index is 1.66. The average molecular weight is 356 g/mol. The number of fused-ring (bicyclic) bond motifs is 1. The maximum Gasteiger partial charge on any atom is 0.230 e. The number of nitrogens with one attached hydrogen (secondary N) is 1. The van der Waals surface area contributed by atoms with E-state index in [-0.39, 0.29) is 17.4 Å². The van der Waals surface area contributed by atoms with E-state index in [2.05, 4.69) is 20.2 Å². The second-order valence-corrected chi connectivity index (χ2v) is 6.07. The summed E-state index contributed by atoms with van der Waals surface area (Å²) in [4.78, 5) is 7.02. The molecule has 0 saturated carbocycles. The average Bonchev–Trinajstić information content (AvgIpc) is 3.18. The minimum absolute atomic E-state index is 0.146. The van der Waals surface area contributed by atoms with Gasteiger partial charge in [0.15, 0.2) is 5.69 Å². The quantitative estimate of drug-likeness (QED) is 0.463. The molecule has 2 aromatic carbocycles. The van der Waals surface area contributed by atoms with Gasteiger partial charge in [-0.1, -0.05) is 0 Å². The van der Waals surface area contributed by atoms with Crippen molar-refractivity contribution in [2.45, 2.75) is 0 Å². The van der Waals surface area contributed by atoms with Crippen LogP contribution in [-0.2, 0) is 0 Å². The summed E-state index contributed by atoms with van der Waals surface area (Å²) in [6.07, 6.45) is 0. The van der Waals surface area contributed by atoms with Crippen LogP contribution >= 0.6 is 11.3 Å². The molecule has 25 heavy (non-hydrogen) atoms. The van der Waals surface area contributed by atoms with Gasteiger partial charge in [-0.2, -0.15) is 0 Å². The van der Waals surface area contributed by atoms with Crippen molar-refractivity contribution >= 4 is 33.1 Å². The van der Waals surface area contributed by atoms with Crippen LogP contribution in [0.5, 0.6) is 5.88 Å². The zero-order valence-electron chi connectivity index (χ0n) is 12.6. The van der Waals surface area contributed by atoms with Crippen LogP contribution in [0.4, 0.5) is 19.6 Å². The first-order valence-corrected chi connectivity index (χ1v) is 8.11. The molecule has 4 aromatic rings. The van der Waals surface area contributed by atoms with E-state index in [0.717, 1.165) is 5.56 Å². The molecule has 8 heteroatoms. The largest absolute Gasteiger partial charge is 0.493 e. The van der Waals surface area contributed by atoms with Gasteiger partial charge in [0.1, 0.15) is 11.6 Å². The van der Waals surface area contributed by atoms with Gasteiger partial charge in [-0.05, 0) is 42.5 Å². The maximum atomic E-state index is 13.4. The maximum absolute atomic E-state index is 13.4. The summed E-state index contributed by atoms with van der Waals surface area (Å²) in [6, 6.07) is 10.0. The number of thiazole rings is 1. The van der Waals surface area contributed by atoms with Crippen molar-refractivity contribution in [3.8, 4) is 17.1 Å². The van der Waals surface area contributed by atoms with E-state index >= 15 is 0 Å². The molecule has 4 rings (SSSR count). The van der Waals surface area contributed by atoms with Gasteiger partial charge in [-0.25, -0.2) is 13.8 Å². The van der Waals surface area contributed by atoms with Crippen molar-refractivity contribution in [2.24, 2.45) is 10.2 Å². The van der Waals surface area contributed by atoms with E-state index in [1.54, 1.807) is 17.5 Å². The second-order valence-electron chi connectivity index (χ2n) is 5.23. The fourth-order valence-electron chi connectivity index (χ4n) is 2.39. The number of H-pyrrole nitrogens is 1. The summed E-state index contributed by atoms with van der Waals surface area (Å²) in [7, 11) is 0. The molecule has 0 fully saturated rings. The van der Waals surface area contributed by atoms with Gasteiger partial charge < -0.3 is 10.1 Å². The monoisotopic (exact) mass is 356 g/mol. The SMILES string of the molecule is Oc1[nH]c2ccc(F)cc2c1N=Nc1nc(-c2ccc(F)cc2)cs1. The van der Waals surface area contributed by atoms with Crippen molar-refractivity contribution < 1.29 is 13.9 Å². The van der Waals surface area contributed by atoms with E-state index in [9.17, 15) is 13.9 Å². The molecular weight excluding hydrogens is 346 g/mol. The molecule has 2 N–H and O–H groups in total. The van der Waals surface area contributed by atoms with Crippen LogP contribution in [0.15, 0.2) is 58.1 Å². The predicted molar refractivity (Wildman–Crippen MR) is 91.6 cm³/mol. The van der Waals surface area contributed by atoms with Crippen LogP contribution in [0.2, 0.25) is 0 Å². The molecule has 0 aliphatic carbocycles. The highest BCUT2D eigenvalue weighted by Crippen LogP contribution is 2.37. The lowest BCUT2D eigenvalue weighted by Crippen LogP contribution is -1.77. The van der Waals surface area contributed by atoms with Gasteiger partial charge in [0.2, 0.25) is 11.0 Å². The van der Waals surface area contributed by atoms with Crippen LogP contribution in [0.3, 0.4) is 0 Å². The Morgan fingerprint density at radius 3 is 2.56 bits per heavy atom. The normalized spacial score (nSPS) is 11.6. The zero-order valence-corrected chi connectivity index (χ0v) is 13.4. The molecule has 0 saturated heterocycles. The molecule has 0 radical (unpaired) electrons. The topological polar surface area (TPSA) is 73.6 Å². The highest BCUT2D eigenvalue weighted by molar-refractivity contribution is 7.13. The van der Waals surface area contributed by atoms with Crippen molar-refractivity contribution in [1.29, 1.82) is 0 Å². The molecule has 0 aliphatic heterocycles. The highest BCUT2D eigenvalue weighted by Gasteiger charge is 2.12.